The summed E-state index contributed by atoms with van der Waals surface area (Å²) >= 11 is 0. The minimum Gasteiger partial charge on any atom is -0.341 e. The van der Waals surface area contributed by atoms with Gasteiger partial charge in [-0.05, 0) is 12.3 Å². The summed E-state index contributed by atoms with van der Waals surface area (Å²) in [6, 6.07) is 0. The van der Waals surface area contributed by atoms with Crippen molar-refractivity contribution >= 4 is 11.8 Å². The van der Waals surface area contributed by atoms with E-state index in [-0.39, 0.29) is 30.6 Å². The monoisotopic (exact) mass is 312 g/mol. The topological polar surface area (TPSA) is 40.6 Å². The van der Waals surface area contributed by atoms with Gasteiger partial charge >= 0.3 is 0 Å². The van der Waals surface area contributed by atoms with Crippen LogP contribution in [0.15, 0.2) is 12.7 Å². The molecule has 0 unspecified atom stereocenters. The number of hydrogen-bond donors (Lipinski definition) is 0. The van der Waals surface area contributed by atoms with E-state index >= 15 is 0 Å². The molecule has 22 heavy (non-hydrogen) atoms. The smallest absolute Gasteiger partial charge is 0.249 e. The normalized spacial score (nSPS) is 34.3. The summed E-state index contributed by atoms with van der Waals surface area (Å²) < 4.78 is 25.9. The summed E-state index contributed by atoms with van der Waals surface area (Å²) in [5, 5.41) is 0. The molecule has 6 heteroatoms. The second kappa shape index (κ2) is 5.03. The fraction of sp³-hybridized carbons (Fsp3) is 0.750. The number of halogens is 2. The molecule has 0 aromatic heterocycles. The van der Waals surface area contributed by atoms with Gasteiger partial charge in [-0.1, -0.05) is 13.0 Å². The third kappa shape index (κ3) is 2.23. The number of hydrogen-bond acceptors (Lipinski definition) is 2. The van der Waals surface area contributed by atoms with Crippen molar-refractivity contribution in [3.8, 4) is 0 Å². The molecule has 2 amide bonds. The van der Waals surface area contributed by atoms with Crippen molar-refractivity contribution < 1.29 is 18.4 Å². The molecule has 3 fully saturated rings. The van der Waals surface area contributed by atoms with Crippen LogP contribution in [-0.2, 0) is 9.59 Å². The van der Waals surface area contributed by atoms with E-state index in [9.17, 15) is 18.4 Å². The molecule has 3 rings (SSSR count). The Balaban J connectivity index is 1.69. The van der Waals surface area contributed by atoms with Gasteiger partial charge in [0.25, 0.3) is 0 Å². The van der Waals surface area contributed by atoms with Gasteiger partial charge in [0.1, 0.15) is 0 Å². The number of likely N-dealkylation sites (tertiary alicyclic amines) is 2. The number of carbonyl (C=O) groups is 2. The summed E-state index contributed by atoms with van der Waals surface area (Å²) in [5.74, 6) is -3.32. The van der Waals surface area contributed by atoms with E-state index in [1.54, 1.807) is 15.9 Å². The van der Waals surface area contributed by atoms with Gasteiger partial charge in [-0.25, -0.2) is 8.78 Å². The second-order valence-corrected chi connectivity index (χ2v) is 7.03. The van der Waals surface area contributed by atoms with Gasteiger partial charge in [0.2, 0.25) is 17.7 Å². The zero-order valence-corrected chi connectivity index (χ0v) is 12.9. The lowest BCUT2D eigenvalue weighted by atomic mass is 9.77. The zero-order valence-electron chi connectivity index (χ0n) is 12.9. The highest BCUT2D eigenvalue weighted by atomic mass is 19.3. The zero-order chi connectivity index (χ0) is 16.1. The molecule has 122 valence electrons. The predicted molar refractivity (Wildman–Crippen MR) is 77.2 cm³/mol. The highest BCUT2D eigenvalue weighted by molar-refractivity contribution is 5.88. The van der Waals surface area contributed by atoms with Crippen molar-refractivity contribution in [2.45, 2.75) is 32.1 Å². The maximum atomic E-state index is 13.0. The van der Waals surface area contributed by atoms with Crippen LogP contribution < -0.4 is 0 Å². The molecule has 0 aromatic rings. The lowest BCUT2D eigenvalue weighted by Gasteiger charge is -2.36. The molecule has 1 spiro atoms. The van der Waals surface area contributed by atoms with E-state index in [0.717, 1.165) is 6.42 Å². The van der Waals surface area contributed by atoms with Gasteiger partial charge in [0.05, 0.1) is 5.41 Å². The van der Waals surface area contributed by atoms with E-state index in [4.69, 9.17) is 0 Å². The fourth-order valence-corrected chi connectivity index (χ4v) is 4.12. The van der Waals surface area contributed by atoms with Crippen LogP contribution in [0.5, 0.6) is 0 Å². The molecule has 2 atom stereocenters. The predicted octanol–water partition coefficient (Wildman–Crippen LogP) is 1.91. The van der Waals surface area contributed by atoms with Gasteiger partial charge in [-0.15, -0.1) is 6.58 Å². The van der Waals surface area contributed by atoms with Crippen molar-refractivity contribution in [2.75, 3.05) is 26.2 Å². The molecule has 2 aliphatic heterocycles. The number of alkyl halides is 2. The maximum absolute atomic E-state index is 13.0. The Labute approximate surface area is 129 Å². The highest BCUT2D eigenvalue weighted by Gasteiger charge is 2.57. The van der Waals surface area contributed by atoms with Crippen LogP contribution in [0.2, 0.25) is 0 Å². The highest BCUT2D eigenvalue weighted by Crippen LogP contribution is 2.48. The van der Waals surface area contributed by atoms with Crippen molar-refractivity contribution in [1.29, 1.82) is 0 Å². The molecule has 1 saturated carbocycles. The molecule has 1 aliphatic carbocycles. The Kier molecular flexibility index (Phi) is 3.53. The first-order chi connectivity index (χ1) is 10.3. The summed E-state index contributed by atoms with van der Waals surface area (Å²) in [7, 11) is 0. The molecule has 2 saturated heterocycles. The first-order valence-corrected chi connectivity index (χ1v) is 7.86. The van der Waals surface area contributed by atoms with Crippen LogP contribution in [0, 0.1) is 17.3 Å². The average Bonchev–Trinajstić information content (AvgIpc) is 2.92. The maximum Gasteiger partial charge on any atom is 0.249 e. The summed E-state index contributed by atoms with van der Waals surface area (Å²) in [6.45, 7) is 7.72. The molecule has 0 aromatic carbocycles. The SMILES string of the molecule is C=CCN1CC[C@]2(CN(C(=O)C3CC(F)(F)C3)C[C@H]2C)C1=O. The summed E-state index contributed by atoms with van der Waals surface area (Å²) in [6.07, 6.45) is 1.74. The Hall–Kier alpha value is -1.46. The Morgan fingerprint density at radius 3 is 2.73 bits per heavy atom. The van der Waals surface area contributed by atoms with Crippen molar-refractivity contribution in [3.05, 3.63) is 12.7 Å². The van der Waals surface area contributed by atoms with Gasteiger partial charge in [-0.2, -0.15) is 0 Å². The fourth-order valence-electron chi connectivity index (χ4n) is 4.12. The number of carbonyl (C=O) groups excluding carboxylic acids is 2. The van der Waals surface area contributed by atoms with E-state index in [1.165, 1.54) is 0 Å². The van der Waals surface area contributed by atoms with Crippen molar-refractivity contribution in [2.24, 2.45) is 17.3 Å². The van der Waals surface area contributed by atoms with Crippen LogP contribution >= 0.6 is 0 Å². The second-order valence-electron chi connectivity index (χ2n) is 7.03. The van der Waals surface area contributed by atoms with Crippen LogP contribution in [0.3, 0.4) is 0 Å². The first-order valence-electron chi connectivity index (χ1n) is 7.86. The first kappa shape index (κ1) is 15.4. The molecule has 0 N–H and O–H groups in total. The van der Waals surface area contributed by atoms with Gasteiger partial charge < -0.3 is 9.80 Å². The minimum atomic E-state index is -2.69. The lowest BCUT2D eigenvalue weighted by molar-refractivity contribution is -0.159. The number of amides is 2. The van der Waals surface area contributed by atoms with E-state index in [1.807, 2.05) is 6.92 Å². The quantitative estimate of drug-likeness (QED) is 0.747. The average molecular weight is 312 g/mol. The summed E-state index contributed by atoms with van der Waals surface area (Å²) in [5.41, 5.74) is -0.523. The van der Waals surface area contributed by atoms with E-state index < -0.39 is 17.3 Å². The van der Waals surface area contributed by atoms with Gasteiger partial charge in [0.15, 0.2) is 0 Å². The largest absolute Gasteiger partial charge is 0.341 e. The number of nitrogens with zero attached hydrogens (tertiary/aromatic N) is 2. The number of rotatable bonds is 3. The minimum absolute atomic E-state index is 0.0688. The van der Waals surface area contributed by atoms with Crippen LogP contribution in [-0.4, -0.2) is 53.7 Å². The lowest BCUT2D eigenvalue weighted by Crippen LogP contribution is -2.47. The van der Waals surface area contributed by atoms with Crippen molar-refractivity contribution in [1.82, 2.24) is 9.80 Å². The molecule has 2 heterocycles. The molecule has 3 aliphatic rings. The molecule has 4 nitrogen and oxygen atoms in total. The molecular weight excluding hydrogens is 290 g/mol. The van der Waals surface area contributed by atoms with E-state index in [2.05, 4.69) is 6.58 Å². The van der Waals surface area contributed by atoms with Crippen LogP contribution in [0.25, 0.3) is 0 Å². The molecule has 0 bridgehead atoms. The van der Waals surface area contributed by atoms with Gasteiger partial charge in [0, 0.05) is 44.9 Å². The third-order valence-electron chi connectivity index (χ3n) is 5.55. The summed E-state index contributed by atoms with van der Waals surface area (Å²) in [4.78, 5) is 28.5. The van der Waals surface area contributed by atoms with E-state index in [0.29, 0.717) is 26.2 Å². The third-order valence-corrected chi connectivity index (χ3v) is 5.55. The Morgan fingerprint density at radius 1 is 1.45 bits per heavy atom. The molecular formula is C16H22F2N2O2. The van der Waals surface area contributed by atoms with Crippen molar-refractivity contribution in [3.63, 3.8) is 0 Å². The van der Waals surface area contributed by atoms with Crippen LogP contribution in [0.4, 0.5) is 8.78 Å². The Morgan fingerprint density at radius 2 is 2.14 bits per heavy atom. The van der Waals surface area contributed by atoms with Gasteiger partial charge in [-0.3, -0.25) is 9.59 Å². The molecule has 0 radical (unpaired) electrons. The Bertz CT molecular complexity index is 514. The standard InChI is InChI=1S/C16H22F2N2O2/c1-3-5-19-6-4-15(14(19)22)10-20(9-11(15)2)13(21)12-7-16(17,18)8-12/h3,11-12H,1,4-10H2,2H3/t11-,15-/m1/s1. The van der Waals surface area contributed by atoms with Crippen LogP contribution in [0.1, 0.15) is 26.2 Å².